The predicted octanol–water partition coefficient (Wildman–Crippen LogP) is 4.08. The van der Waals surface area contributed by atoms with Crippen LogP contribution in [-0.4, -0.2) is 21.9 Å². The number of nitrogens with zero attached hydrogens (tertiary/aromatic N) is 2. The maximum absolute atomic E-state index is 12.7. The summed E-state index contributed by atoms with van der Waals surface area (Å²) in [4.78, 5) is 21.7. The molecule has 3 rings (SSSR count). The van der Waals surface area contributed by atoms with Crippen LogP contribution in [0, 0.1) is 5.92 Å². The summed E-state index contributed by atoms with van der Waals surface area (Å²) in [6.07, 6.45) is 9.73. The SMILES string of the molecule is CC1CCC(NC(=O)c2ccccc2SCc2cncnc2)CC1. The first kappa shape index (κ1) is 17.0. The number of rotatable bonds is 5. The Hall–Kier alpha value is -1.88. The van der Waals surface area contributed by atoms with Gasteiger partial charge in [0.05, 0.1) is 5.56 Å². The van der Waals surface area contributed by atoms with Gasteiger partial charge in [-0.2, -0.15) is 0 Å². The van der Waals surface area contributed by atoms with Crippen LogP contribution in [0.15, 0.2) is 47.9 Å². The van der Waals surface area contributed by atoms with Gasteiger partial charge in [0.1, 0.15) is 6.33 Å². The molecule has 0 saturated heterocycles. The molecule has 0 radical (unpaired) electrons. The molecule has 1 aliphatic carbocycles. The summed E-state index contributed by atoms with van der Waals surface area (Å²) in [5.74, 6) is 1.59. The lowest BCUT2D eigenvalue weighted by atomic mass is 9.87. The molecule has 1 saturated carbocycles. The monoisotopic (exact) mass is 341 g/mol. The summed E-state index contributed by atoms with van der Waals surface area (Å²) in [6.45, 7) is 2.29. The lowest BCUT2D eigenvalue weighted by molar-refractivity contribution is 0.0920. The number of amides is 1. The van der Waals surface area contributed by atoms with Crippen molar-refractivity contribution in [3.05, 3.63) is 54.1 Å². The highest BCUT2D eigenvalue weighted by atomic mass is 32.2. The minimum Gasteiger partial charge on any atom is -0.349 e. The summed E-state index contributed by atoms with van der Waals surface area (Å²) in [5.41, 5.74) is 1.82. The smallest absolute Gasteiger partial charge is 0.252 e. The summed E-state index contributed by atoms with van der Waals surface area (Å²) in [5, 5.41) is 3.22. The molecule has 1 fully saturated rings. The Labute approximate surface area is 147 Å². The second-order valence-electron chi connectivity index (χ2n) is 6.46. The van der Waals surface area contributed by atoms with Crippen LogP contribution in [-0.2, 0) is 5.75 Å². The number of carbonyl (C=O) groups is 1. The normalized spacial score (nSPS) is 20.5. The Morgan fingerprint density at radius 2 is 1.88 bits per heavy atom. The van der Waals surface area contributed by atoms with Crippen molar-refractivity contribution < 1.29 is 4.79 Å². The topological polar surface area (TPSA) is 54.9 Å². The molecule has 0 aliphatic heterocycles. The third-order valence-corrected chi connectivity index (χ3v) is 5.64. The van der Waals surface area contributed by atoms with Crippen LogP contribution in [0.4, 0.5) is 0 Å². The molecule has 4 nitrogen and oxygen atoms in total. The molecule has 0 spiro atoms. The molecule has 1 aliphatic rings. The van der Waals surface area contributed by atoms with Gasteiger partial charge in [-0.3, -0.25) is 4.79 Å². The molecule has 2 aromatic rings. The van der Waals surface area contributed by atoms with Crippen LogP contribution in [0.5, 0.6) is 0 Å². The van der Waals surface area contributed by atoms with E-state index in [0.717, 1.165) is 40.5 Å². The Bertz CT molecular complexity index is 669. The van der Waals surface area contributed by atoms with E-state index in [2.05, 4.69) is 22.2 Å². The van der Waals surface area contributed by atoms with E-state index in [1.807, 2.05) is 36.7 Å². The van der Waals surface area contributed by atoms with Crippen molar-refractivity contribution in [3.8, 4) is 0 Å². The number of nitrogens with one attached hydrogen (secondary N) is 1. The van der Waals surface area contributed by atoms with Crippen LogP contribution >= 0.6 is 11.8 Å². The van der Waals surface area contributed by atoms with Gasteiger partial charge in [0.15, 0.2) is 0 Å². The fourth-order valence-corrected chi connectivity index (χ4v) is 3.98. The molecule has 1 amide bonds. The van der Waals surface area contributed by atoms with Gasteiger partial charge < -0.3 is 5.32 Å². The first-order valence-electron chi connectivity index (χ1n) is 8.49. The van der Waals surface area contributed by atoms with Crippen LogP contribution in [0.1, 0.15) is 48.5 Å². The highest BCUT2D eigenvalue weighted by Gasteiger charge is 2.21. The van der Waals surface area contributed by atoms with Gasteiger partial charge >= 0.3 is 0 Å². The standard InChI is InChI=1S/C19H23N3OS/c1-14-6-8-16(9-7-14)22-19(23)17-4-2-3-5-18(17)24-12-15-10-20-13-21-11-15/h2-5,10-11,13-14,16H,6-9,12H2,1H3,(H,22,23). The van der Waals surface area contributed by atoms with Crippen molar-refractivity contribution >= 4 is 17.7 Å². The van der Waals surface area contributed by atoms with E-state index in [4.69, 9.17) is 0 Å². The maximum Gasteiger partial charge on any atom is 0.252 e. The summed E-state index contributed by atoms with van der Waals surface area (Å²) < 4.78 is 0. The molecule has 5 heteroatoms. The largest absolute Gasteiger partial charge is 0.349 e. The van der Waals surface area contributed by atoms with E-state index in [-0.39, 0.29) is 5.91 Å². The highest BCUT2D eigenvalue weighted by Crippen LogP contribution is 2.27. The lowest BCUT2D eigenvalue weighted by Crippen LogP contribution is -2.37. The Kier molecular flexibility index (Phi) is 5.86. The van der Waals surface area contributed by atoms with Crippen molar-refractivity contribution in [3.63, 3.8) is 0 Å². The van der Waals surface area contributed by atoms with E-state index in [0.29, 0.717) is 6.04 Å². The molecule has 0 atom stereocenters. The number of hydrogen-bond donors (Lipinski definition) is 1. The molecule has 1 N–H and O–H groups in total. The van der Waals surface area contributed by atoms with Crippen molar-refractivity contribution in [2.45, 2.75) is 49.3 Å². The van der Waals surface area contributed by atoms with Gasteiger partial charge in [0.2, 0.25) is 0 Å². The molecular weight excluding hydrogens is 318 g/mol. The van der Waals surface area contributed by atoms with E-state index in [9.17, 15) is 4.79 Å². The minimum absolute atomic E-state index is 0.0435. The maximum atomic E-state index is 12.7. The first-order valence-corrected chi connectivity index (χ1v) is 9.47. The van der Waals surface area contributed by atoms with Crippen molar-refractivity contribution in [1.82, 2.24) is 15.3 Å². The fraction of sp³-hybridized carbons (Fsp3) is 0.421. The highest BCUT2D eigenvalue weighted by molar-refractivity contribution is 7.98. The second-order valence-corrected chi connectivity index (χ2v) is 7.48. The third kappa shape index (κ3) is 4.57. The Morgan fingerprint density at radius 1 is 1.17 bits per heavy atom. The third-order valence-electron chi connectivity index (χ3n) is 4.49. The summed E-state index contributed by atoms with van der Waals surface area (Å²) >= 11 is 1.65. The minimum atomic E-state index is 0.0435. The number of benzene rings is 1. The number of thioether (sulfide) groups is 1. The first-order chi connectivity index (χ1) is 11.7. The lowest BCUT2D eigenvalue weighted by Gasteiger charge is -2.27. The van der Waals surface area contributed by atoms with E-state index < -0.39 is 0 Å². The van der Waals surface area contributed by atoms with Crippen molar-refractivity contribution in [1.29, 1.82) is 0 Å². The molecule has 1 aromatic heterocycles. The zero-order valence-corrected chi connectivity index (χ0v) is 14.8. The summed E-state index contributed by atoms with van der Waals surface area (Å²) in [6, 6.07) is 8.13. The van der Waals surface area contributed by atoms with Gasteiger partial charge in [0, 0.05) is 29.1 Å². The van der Waals surface area contributed by atoms with Gasteiger partial charge in [-0.1, -0.05) is 19.1 Å². The fourth-order valence-electron chi connectivity index (χ4n) is 3.01. The second kappa shape index (κ2) is 8.29. The molecular formula is C19H23N3OS. The molecule has 1 aromatic carbocycles. The quantitative estimate of drug-likeness (QED) is 0.833. The van der Waals surface area contributed by atoms with Crippen LogP contribution in [0.3, 0.4) is 0 Å². The van der Waals surface area contributed by atoms with Crippen LogP contribution in [0.2, 0.25) is 0 Å². The van der Waals surface area contributed by atoms with Gasteiger partial charge in [-0.25, -0.2) is 9.97 Å². The Morgan fingerprint density at radius 3 is 2.62 bits per heavy atom. The van der Waals surface area contributed by atoms with Gasteiger partial charge in [0.25, 0.3) is 5.91 Å². The number of hydrogen-bond acceptors (Lipinski definition) is 4. The molecule has 0 bridgehead atoms. The number of aromatic nitrogens is 2. The summed E-state index contributed by atoms with van der Waals surface area (Å²) in [7, 11) is 0. The number of carbonyl (C=O) groups excluding carboxylic acids is 1. The van der Waals surface area contributed by atoms with Crippen LogP contribution < -0.4 is 5.32 Å². The zero-order valence-electron chi connectivity index (χ0n) is 13.9. The van der Waals surface area contributed by atoms with Crippen molar-refractivity contribution in [2.75, 3.05) is 0 Å². The van der Waals surface area contributed by atoms with Gasteiger partial charge in [-0.15, -0.1) is 11.8 Å². The van der Waals surface area contributed by atoms with Gasteiger partial charge in [-0.05, 0) is 49.3 Å². The average molecular weight is 341 g/mol. The van der Waals surface area contributed by atoms with E-state index >= 15 is 0 Å². The molecule has 126 valence electrons. The molecule has 24 heavy (non-hydrogen) atoms. The van der Waals surface area contributed by atoms with E-state index in [1.54, 1.807) is 11.8 Å². The molecule has 1 heterocycles. The Balaban J connectivity index is 1.63. The predicted molar refractivity (Wildman–Crippen MR) is 96.9 cm³/mol. The zero-order chi connectivity index (χ0) is 16.8. The average Bonchev–Trinajstić information content (AvgIpc) is 2.63. The van der Waals surface area contributed by atoms with E-state index in [1.165, 1.54) is 19.2 Å². The molecule has 0 unspecified atom stereocenters. The van der Waals surface area contributed by atoms with Crippen molar-refractivity contribution in [2.24, 2.45) is 5.92 Å². The van der Waals surface area contributed by atoms with Crippen LogP contribution in [0.25, 0.3) is 0 Å².